The number of halogens is 4. The molecule has 0 aliphatic heterocycles. The molecular weight excluding hydrogens is 410 g/mol. The summed E-state index contributed by atoms with van der Waals surface area (Å²) in [6, 6.07) is 4.66. The third kappa shape index (κ3) is 4.03. The molecule has 6 heteroatoms. The zero-order chi connectivity index (χ0) is 15.7. The Labute approximate surface area is 139 Å². The average molecular weight is 426 g/mol. The van der Waals surface area contributed by atoms with Crippen molar-refractivity contribution < 1.29 is 18.7 Å². The molecule has 1 aromatic rings. The molecule has 2 nitrogen and oxygen atoms in total. The smallest absolute Gasteiger partial charge is 0.303 e. The van der Waals surface area contributed by atoms with Gasteiger partial charge in [0.25, 0.3) is 5.92 Å². The lowest BCUT2D eigenvalue weighted by atomic mass is 9.76. The summed E-state index contributed by atoms with van der Waals surface area (Å²) in [4.78, 5) is 11.0. The third-order valence-electron chi connectivity index (χ3n) is 4.11. The average Bonchev–Trinajstić information content (AvgIpc) is 2.78. The summed E-state index contributed by atoms with van der Waals surface area (Å²) < 4.78 is 30.3. The van der Waals surface area contributed by atoms with Gasteiger partial charge >= 0.3 is 5.97 Å². The maximum Gasteiger partial charge on any atom is 0.303 e. The van der Waals surface area contributed by atoms with Crippen molar-refractivity contribution >= 4 is 37.8 Å². The van der Waals surface area contributed by atoms with E-state index in [4.69, 9.17) is 5.11 Å². The molecule has 0 amide bonds. The second kappa shape index (κ2) is 6.32. The Morgan fingerprint density at radius 1 is 1.29 bits per heavy atom. The van der Waals surface area contributed by atoms with Crippen LogP contribution in [0.2, 0.25) is 0 Å². The Hall–Kier alpha value is -0.490. The van der Waals surface area contributed by atoms with Gasteiger partial charge in [-0.15, -0.1) is 0 Å². The van der Waals surface area contributed by atoms with Crippen LogP contribution in [0.15, 0.2) is 27.1 Å². The van der Waals surface area contributed by atoms with Crippen LogP contribution in [0.4, 0.5) is 8.78 Å². The van der Waals surface area contributed by atoms with E-state index in [0.717, 1.165) is 12.8 Å². The van der Waals surface area contributed by atoms with Crippen molar-refractivity contribution in [1.82, 2.24) is 0 Å². The lowest BCUT2D eigenvalue weighted by Gasteiger charge is -2.32. The van der Waals surface area contributed by atoms with E-state index in [0.29, 0.717) is 21.8 Å². The Kier molecular flexibility index (Phi) is 5.08. The summed E-state index contributed by atoms with van der Waals surface area (Å²) in [7, 11) is 0. The summed E-state index contributed by atoms with van der Waals surface area (Å²) in [6.07, 6.45) is 2.16. The molecule has 1 aromatic carbocycles. The number of hydrogen-bond acceptors (Lipinski definition) is 1. The van der Waals surface area contributed by atoms with Crippen LogP contribution in [-0.4, -0.2) is 11.1 Å². The molecule has 116 valence electrons. The Morgan fingerprint density at radius 2 is 1.90 bits per heavy atom. The predicted molar refractivity (Wildman–Crippen MR) is 83.5 cm³/mol. The van der Waals surface area contributed by atoms with Crippen molar-refractivity contribution in [3.05, 3.63) is 32.7 Å². The maximum absolute atomic E-state index is 14.7. The van der Waals surface area contributed by atoms with E-state index < -0.39 is 23.7 Å². The van der Waals surface area contributed by atoms with Gasteiger partial charge in [0, 0.05) is 20.9 Å². The van der Waals surface area contributed by atoms with Gasteiger partial charge in [-0.3, -0.25) is 4.79 Å². The molecule has 1 aliphatic carbocycles. The molecule has 0 atom stereocenters. The lowest BCUT2D eigenvalue weighted by Crippen LogP contribution is -2.29. The molecule has 0 unspecified atom stereocenters. The maximum atomic E-state index is 14.7. The van der Waals surface area contributed by atoms with E-state index in [2.05, 4.69) is 31.9 Å². The molecule has 0 aromatic heterocycles. The van der Waals surface area contributed by atoms with Gasteiger partial charge in [-0.2, -0.15) is 0 Å². The van der Waals surface area contributed by atoms with Gasteiger partial charge in [0.15, 0.2) is 0 Å². The van der Waals surface area contributed by atoms with Gasteiger partial charge in [-0.25, -0.2) is 8.78 Å². The van der Waals surface area contributed by atoms with Crippen molar-refractivity contribution in [3.63, 3.8) is 0 Å². The van der Waals surface area contributed by atoms with Crippen LogP contribution in [0.25, 0.3) is 0 Å². The standard InChI is InChI=1S/C15H16Br2F2O2/c16-10-3-4-12(17)11(7-10)15(18,19)9-14(8-13(20)21)5-1-2-6-14/h3-4,7H,1-2,5-6,8-9H2,(H,20,21). The first-order chi connectivity index (χ1) is 9.74. The van der Waals surface area contributed by atoms with Gasteiger partial charge < -0.3 is 5.11 Å². The third-order valence-corrected chi connectivity index (χ3v) is 5.29. The van der Waals surface area contributed by atoms with E-state index in [1.807, 2.05) is 0 Å². The molecular formula is C15H16Br2F2O2. The van der Waals surface area contributed by atoms with Crippen molar-refractivity contribution in [2.24, 2.45) is 5.41 Å². The molecule has 0 radical (unpaired) electrons. The molecule has 21 heavy (non-hydrogen) atoms. The summed E-state index contributed by atoms with van der Waals surface area (Å²) in [5.41, 5.74) is -0.884. The second-order valence-corrected chi connectivity index (χ2v) is 7.55. The summed E-state index contributed by atoms with van der Waals surface area (Å²) in [5.74, 6) is -4.05. The fourth-order valence-corrected chi connectivity index (χ4v) is 4.10. The van der Waals surface area contributed by atoms with E-state index in [1.165, 1.54) is 6.07 Å². The van der Waals surface area contributed by atoms with Crippen LogP contribution in [0, 0.1) is 5.41 Å². The minimum absolute atomic E-state index is 0.0893. The van der Waals surface area contributed by atoms with Crippen LogP contribution in [0.1, 0.15) is 44.1 Å². The summed E-state index contributed by atoms with van der Waals surface area (Å²) >= 11 is 6.37. The number of carboxylic acid groups (broad SMARTS) is 1. The van der Waals surface area contributed by atoms with Crippen LogP contribution in [-0.2, 0) is 10.7 Å². The highest BCUT2D eigenvalue weighted by Gasteiger charge is 2.46. The lowest BCUT2D eigenvalue weighted by molar-refractivity contribution is -0.141. The topological polar surface area (TPSA) is 37.3 Å². The number of aliphatic carboxylic acids is 1. The quantitative estimate of drug-likeness (QED) is 0.654. The first-order valence-electron chi connectivity index (χ1n) is 6.79. The zero-order valence-electron chi connectivity index (χ0n) is 11.3. The molecule has 0 heterocycles. The van der Waals surface area contributed by atoms with E-state index in [9.17, 15) is 13.6 Å². The molecule has 0 bridgehead atoms. The Bertz CT molecular complexity index is 540. The van der Waals surface area contributed by atoms with E-state index in [-0.39, 0.29) is 12.0 Å². The molecule has 1 N–H and O–H groups in total. The number of rotatable bonds is 5. The van der Waals surface area contributed by atoms with Crippen LogP contribution >= 0.6 is 31.9 Å². The van der Waals surface area contributed by atoms with E-state index in [1.54, 1.807) is 12.1 Å². The van der Waals surface area contributed by atoms with Crippen molar-refractivity contribution in [1.29, 1.82) is 0 Å². The first kappa shape index (κ1) is 16.9. The van der Waals surface area contributed by atoms with Crippen molar-refractivity contribution in [3.8, 4) is 0 Å². The fraction of sp³-hybridized carbons (Fsp3) is 0.533. The minimum atomic E-state index is -3.05. The fourth-order valence-electron chi connectivity index (χ4n) is 3.21. The minimum Gasteiger partial charge on any atom is -0.481 e. The number of benzene rings is 1. The van der Waals surface area contributed by atoms with Gasteiger partial charge in [0.05, 0.1) is 6.42 Å². The molecule has 1 aliphatic rings. The molecule has 2 rings (SSSR count). The zero-order valence-corrected chi connectivity index (χ0v) is 14.5. The number of carbonyl (C=O) groups is 1. The number of hydrogen-bond donors (Lipinski definition) is 1. The van der Waals surface area contributed by atoms with Gasteiger partial charge in [0.2, 0.25) is 0 Å². The van der Waals surface area contributed by atoms with Crippen molar-refractivity contribution in [2.45, 2.75) is 44.4 Å². The first-order valence-corrected chi connectivity index (χ1v) is 8.38. The van der Waals surface area contributed by atoms with Crippen molar-refractivity contribution in [2.75, 3.05) is 0 Å². The predicted octanol–water partition coefficient (Wildman–Crippen LogP) is 5.73. The normalized spacial score (nSPS) is 17.9. The Balaban J connectivity index is 2.30. The largest absolute Gasteiger partial charge is 0.481 e. The van der Waals surface area contributed by atoms with Crippen LogP contribution in [0.3, 0.4) is 0 Å². The highest BCUT2D eigenvalue weighted by Crippen LogP contribution is 2.52. The Morgan fingerprint density at radius 3 is 2.48 bits per heavy atom. The van der Waals surface area contributed by atoms with Gasteiger partial charge in [-0.05, 0) is 36.5 Å². The molecule has 1 saturated carbocycles. The molecule has 1 fully saturated rings. The molecule has 0 spiro atoms. The SMILES string of the molecule is O=C(O)CC1(CC(F)(F)c2cc(Br)ccc2Br)CCCC1. The highest BCUT2D eigenvalue weighted by atomic mass is 79.9. The van der Waals surface area contributed by atoms with Gasteiger partial charge in [0.1, 0.15) is 0 Å². The number of alkyl halides is 2. The van der Waals surface area contributed by atoms with Crippen LogP contribution in [0.5, 0.6) is 0 Å². The second-order valence-electron chi connectivity index (χ2n) is 5.78. The molecule has 0 saturated heterocycles. The van der Waals surface area contributed by atoms with Gasteiger partial charge in [-0.1, -0.05) is 44.7 Å². The monoisotopic (exact) mass is 424 g/mol. The van der Waals surface area contributed by atoms with Crippen LogP contribution < -0.4 is 0 Å². The van der Waals surface area contributed by atoms with E-state index >= 15 is 0 Å². The highest BCUT2D eigenvalue weighted by molar-refractivity contribution is 9.11. The summed E-state index contributed by atoms with van der Waals surface area (Å²) in [6.45, 7) is 0. The summed E-state index contributed by atoms with van der Waals surface area (Å²) in [5, 5.41) is 9.04. The number of carboxylic acids is 1.